The average molecular weight is 320 g/mol. The Morgan fingerprint density at radius 2 is 2.10 bits per heavy atom. The van der Waals surface area contributed by atoms with Gasteiger partial charge in [0.1, 0.15) is 4.21 Å². The predicted octanol–water partition coefficient (Wildman–Crippen LogP) is 1.81. The molecule has 0 aliphatic rings. The van der Waals surface area contributed by atoms with Crippen LogP contribution in [0.2, 0.25) is 0 Å². The van der Waals surface area contributed by atoms with Crippen LogP contribution in [0.15, 0.2) is 10.3 Å². The highest BCUT2D eigenvalue weighted by atomic mass is 32.2. The van der Waals surface area contributed by atoms with E-state index in [1.807, 2.05) is 20.8 Å². The summed E-state index contributed by atoms with van der Waals surface area (Å²) in [6.07, 6.45) is 0. The Labute approximate surface area is 125 Å². The van der Waals surface area contributed by atoms with Crippen molar-refractivity contribution in [3.8, 4) is 0 Å². The molecule has 0 saturated heterocycles. The summed E-state index contributed by atoms with van der Waals surface area (Å²) in [5, 5.41) is 0. The fraction of sp³-hybridized carbons (Fsp3) is 0.692. The Bertz CT molecular complexity index is 524. The molecule has 2 N–H and O–H groups in total. The largest absolute Gasteiger partial charge is 0.383 e. The molecular weight excluding hydrogens is 296 g/mol. The van der Waals surface area contributed by atoms with Crippen LogP contribution in [-0.4, -0.2) is 39.5 Å². The molecule has 1 heterocycles. The molecule has 5 nitrogen and oxygen atoms in total. The van der Waals surface area contributed by atoms with Gasteiger partial charge < -0.3 is 10.5 Å². The second-order valence-corrected chi connectivity index (χ2v) is 8.43. The molecule has 0 fully saturated rings. The van der Waals surface area contributed by atoms with E-state index in [1.165, 1.54) is 15.6 Å². The summed E-state index contributed by atoms with van der Waals surface area (Å²) in [4.78, 5) is 0.916. The number of nitrogens with zero attached hydrogens (tertiary/aromatic N) is 1. The Kier molecular flexibility index (Phi) is 6.60. The van der Waals surface area contributed by atoms with Crippen molar-refractivity contribution in [2.45, 2.75) is 31.5 Å². The van der Waals surface area contributed by atoms with E-state index in [0.29, 0.717) is 30.5 Å². The van der Waals surface area contributed by atoms with E-state index in [1.54, 1.807) is 13.2 Å². The number of sulfonamides is 1. The van der Waals surface area contributed by atoms with Gasteiger partial charge >= 0.3 is 0 Å². The van der Waals surface area contributed by atoms with Gasteiger partial charge in [0.25, 0.3) is 10.0 Å². The maximum Gasteiger partial charge on any atom is 0.252 e. The highest BCUT2D eigenvalue weighted by Crippen LogP contribution is 2.28. The van der Waals surface area contributed by atoms with E-state index in [-0.39, 0.29) is 5.92 Å². The number of hydrogen-bond donors (Lipinski definition) is 1. The van der Waals surface area contributed by atoms with E-state index in [9.17, 15) is 8.42 Å². The molecule has 20 heavy (non-hydrogen) atoms. The highest BCUT2D eigenvalue weighted by molar-refractivity contribution is 7.91. The number of rotatable bonds is 8. The van der Waals surface area contributed by atoms with Gasteiger partial charge in [-0.2, -0.15) is 4.31 Å². The fourth-order valence-corrected chi connectivity index (χ4v) is 5.07. The van der Waals surface area contributed by atoms with Crippen molar-refractivity contribution < 1.29 is 13.2 Å². The van der Waals surface area contributed by atoms with Crippen LogP contribution in [0.4, 0.5) is 0 Å². The van der Waals surface area contributed by atoms with Gasteiger partial charge in [-0.3, -0.25) is 0 Å². The Hall–Kier alpha value is -0.470. The molecule has 0 aromatic carbocycles. The average Bonchev–Trinajstić information content (AvgIpc) is 2.75. The van der Waals surface area contributed by atoms with E-state index >= 15 is 0 Å². The molecule has 7 heteroatoms. The summed E-state index contributed by atoms with van der Waals surface area (Å²) in [7, 11) is -1.89. The first kappa shape index (κ1) is 17.6. The number of thiophene rings is 1. The smallest absolute Gasteiger partial charge is 0.252 e. The minimum Gasteiger partial charge on any atom is -0.383 e. The lowest BCUT2D eigenvalue weighted by Gasteiger charge is -2.22. The van der Waals surface area contributed by atoms with Gasteiger partial charge in [-0.25, -0.2) is 8.42 Å². The first-order chi connectivity index (χ1) is 9.32. The van der Waals surface area contributed by atoms with Crippen molar-refractivity contribution in [1.82, 2.24) is 4.31 Å². The minimum atomic E-state index is -3.46. The molecule has 1 aromatic heterocycles. The summed E-state index contributed by atoms with van der Waals surface area (Å²) < 4.78 is 32.3. The van der Waals surface area contributed by atoms with Crippen molar-refractivity contribution >= 4 is 21.4 Å². The Morgan fingerprint density at radius 1 is 1.45 bits per heavy atom. The van der Waals surface area contributed by atoms with Crippen molar-refractivity contribution in [2.75, 3.05) is 26.8 Å². The summed E-state index contributed by atoms with van der Waals surface area (Å²) in [6, 6.07) is 1.71. The molecule has 0 radical (unpaired) electrons. The normalized spacial score (nSPS) is 12.6. The molecular formula is C13H24N2O3S2. The fourth-order valence-electron chi connectivity index (χ4n) is 1.86. The number of ether oxygens (including phenoxy) is 1. The summed E-state index contributed by atoms with van der Waals surface area (Å²) in [6.45, 7) is 7.50. The lowest BCUT2D eigenvalue weighted by atomic mass is 10.2. The molecule has 116 valence electrons. The Balaban J connectivity index is 3.07. The zero-order chi connectivity index (χ0) is 15.3. The number of nitrogens with two attached hydrogens (primary N) is 1. The van der Waals surface area contributed by atoms with E-state index in [0.717, 1.165) is 10.4 Å². The first-order valence-electron chi connectivity index (χ1n) is 6.61. The zero-order valence-corrected chi connectivity index (χ0v) is 14.2. The van der Waals surface area contributed by atoms with Crippen molar-refractivity contribution in [3.63, 3.8) is 0 Å². The maximum absolute atomic E-state index is 12.7. The van der Waals surface area contributed by atoms with Gasteiger partial charge in [-0.1, -0.05) is 13.8 Å². The van der Waals surface area contributed by atoms with Crippen LogP contribution in [0.25, 0.3) is 0 Å². The van der Waals surface area contributed by atoms with Crippen molar-refractivity contribution in [3.05, 3.63) is 16.5 Å². The van der Waals surface area contributed by atoms with Gasteiger partial charge in [0, 0.05) is 31.6 Å². The van der Waals surface area contributed by atoms with Crippen LogP contribution in [-0.2, 0) is 21.3 Å². The molecule has 0 atom stereocenters. The summed E-state index contributed by atoms with van der Waals surface area (Å²) >= 11 is 1.26. The molecule has 0 saturated carbocycles. The molecule has 0 aliphatic carbocycles. The van der Waals surface area contributed by atoms with Crippen LogP contribution >= 0.6 is 11.3 Å². The topological polar surface area (TPSA) is 72.6 Å². The third-order valence-corrected chi connectivity index (χ3v) is 6.46. The van der Waals surface area contributed by atoms with E-state index < -0.39 is 10.0 Å². The van der Waals surface area contributed by atoms with Gasteiger partial charge in [-0.05, 0) is 24.5 Å². The van der Waals surface area contributed by atoms with Crippen molar-refractivity contribution in [2.24, 2.45) is 11.7 Å². The SMILES string of the molecule is COCCN(CC(C)C)S(=O)(=O)c1cc(C)c(CN)s1. The molecule has 0 unspecified atom stereocenters. The van der Waals surface area contributed by atoms with E-state index in [2.05, 4.69) is 0 Å². The quantitative estimate of drug-likeness (QED) is 0.793. The van der Waals surface area contributed by atoms with Gasteiger partial charge in [0.05, 0.1) is 6.61 Å². The standard InChI is InChI=1S/C13H24N2O3S2/c1-10(2)9-15(5-6-18-4)20(16,17)13-7-11(3)12(8-14)19-13/h7,10H,5-6,8-9,14H2,1-4H3. The summed E-state index contributed by atoms with van der Waals surface area (Å²) in [5.41, 5.74) is 6.56. The first-order valence-corrected chi connectivity index (χ1v) is 8.87. The Morgan fingerprint density at radius 3 is 2.55 bits per heavy atom. The molecule has 0 amide bonds. The second kappa shape index (κ2) is 7.51. The van der Waals surface area contributed by atoms with E-state index in [4.69, 9.17) is 10.5 Å². The van der Waals surface area contributed by atoms with Gasteiger partial charge in [0.15, 0.2) is 0 Å². The predicted molar refractivity (Wildman–Crippen MR) is 82.4 cm³/mol. The van der Waals surface area contributed by atoms with Gasteiger partial charge in [-0.15, -0.1) is 11.3 Å². The monoisotopic (exact) mass is 320 g/mol. The third-order valence-electron chi connectivity index (χ3n) is 2.89. The number of aryl methyl sites for hydroxylation is 1. The minimum absolute atomic E-state index is 0.261. The highest BCUT2D eigenvalue weighted by Gasteiger charge is 2.27. The number of methoxy groups -OCH3 is 1. The zero-order valence-electron chi connectivity index (χ0n) is 12.5. The molecule has 0 spiro atoms. The van der Waals surface area contributed by atoms with Gasteiger partial charge in [0.2, 0.25) is 0 Å². The lowest BCUT2D eigenvalue weighted by Crippen LogP contribution is -2.36. The van der Waals surface area contributed by atoms with Crippen LogP contribution in [0, 0.1) is 12.8 Å². The maximum atomic E-state index is 12.7. The summed E-state index contributed by atoms with van der Waals surface area (Å²) in [5.74, 6) is 0.261. The lowest BCUT2D eigenvalue weighted by molar-refractivity contribution is 0.175. The third kappa shape index (κ3) is 4.26. The second-order valence-electron chi connectivity index (χ2n) is 5.13. The molecule has 1 aromatic rings. The number of hydrogen-bond acceptors (Lipinski definition) is 5. The van der Waals surface area contributed by atoms with Crippen LogP contribution in [0.3, 0.4) is 0 Å². The molecule has 0 aliphatic heterocycles. The molecule has 0 bridgehead atoms. The van der Waals surface area contributed by atoms with Crippen LogP contribution < -0.4 is 5.73 Å². The van der Waals surface area contributed by atoms with Crippen LogP contribution in [0.1, 0.15) is 24.3 Å². The van der Waals surface area contributed by atoms with Crippen LogP contribution in [0.5, 0.6) is 0 Å². The van der Waals surface area contributed by atoms with Crippen molar-refractivity contribution in [1.29, 1.82) is 0 Å². The molecule has 1 rings (SSSR count).